The number of amides is 1. The first kappa shape index (κ1) is 18.2. The lowest BCUT2D eigenvalue weighted by Gasteiger charge is -2.19. The fourth-order valence-corrected chi connectivity index (χ4v) is 3.47. The van der Waals surface area contributed by atoms with Gasteiger partial charge in [0.15, 0.2) is 0 Å². The van der Waals surface area contributed by atoms with Gasteiger partial charge >= 0.3 is 0 Å². The van der Waals surface area contributed by atoms with Crippen LogP contribution in [0.3, 0.4) is 0 Å². The largest absolute Gasteiger partial charge is 0.337 e. The normalized spacial score (nSPS) is 12.0. The monoisotopic (exact) mass is 367 g/mol. The van der Waals surface area contributed by atoms with Crippen molar-refractivity contribution >= 4 is 17.7 Å². The molecule has 2 aromatic carbocycles. The van der Waals surface area contributed by atoms with Gasteiger partial charge in [-0.15, -0.1) is 11.8 Å². The molecule has 26 heavy (non-hydrogen) atoms. The molecule has 0 aliphatic carbocycles. The number of hydrogen-bond acceptors (Lipinski definition) is 5. The highest BCUT2D eigenvalue weighted by molar-refractivity contribution is 8.00. The Morgan fingerprint density at radius 2 is 1.85 bits per heavy atom. The first-order valence-electron chi connectivity index (χ1n) is 8.39. The highest BCUT2D eigenvalue weighted by Gasteiger charge is 2.21. The molecule has 5 nitrogen and oxygen atoms in total. The molecule has 1 unspecified atom stereocenters. The Hall–Kier alpha value is -2.60. The fraction of sp³-hybridized carbons (Fsp3) is 0.250. The van der Waals surface area contributed by atoms with E-state index >= 15 is 0 Å². The van der Waals surface area contributed by atoms with Crippen LogP contribution in [-0.4, -0.2) is 33.2 Å². The molecular weight excluding hydrogens is 346 g/mol. The molecule has 1 heterocycles. The quantitative estimate of drug-likeness (QED) is 0.612. The van der Waals surface area contributed by atoms with Crippen molar-refractivity contribution in [3.63, 3.8) is 0 Å². The van der Waals surface area contributed by atoms with Crippen molar-refractivity contribution in [1.82, 2.24) is 15.0 Å². The van der Waals surface area contributed by atoms with Crippen molar-refractivity contribution in [2.45, 2.75) is 30.5 Å². The molecule has 3 rings (SSSR count). The van der Waals surface area contributed by atoms with E-state index in [1.807, 2.05) is 68.4 Å². The Morgan fingerprint density at radius 1 is 1.15 bits per heavy atom. The maximum atomic E-state index is 12.6. The third-order valence-corrected chi connectivity index (χ3v) is 5.03. The average Bonchev–Trinajstić information content (AvgIpc) is 3.12. The van der Waals surface area contributed by atoms with Crippen molar-refractivity contribution in [1.29, 1.82) is 0 Å². The van der Waals surface area contributed by atoms with Gasteiger partial charge in [-0.3, -0.25) is 4.79 Å². The molecule has 0 radical (unpaired) electrons. The van der Waals surface area contributed by atoms with E-state index in [9.17, 15) is 4.79 Å². The maximum absolute atomic E-state index is 12.6. The van der Waals surface area contributed by atoms with Gasteiger partial charge in [0.25, 0.3) is 0 Å². The zero-order valence-electron chi connectivity index (χ0n) is 15.0. The van der Waals surface area contributed by atoms with Crippen LogP contribution in [0.25, 0.3) is 11.4 Å². The molecule has 6 heteroatoms. The Labute approximate surface area is 157 Å². The van der Waals surface area contributed by atoms with Gasteiger partial charge in [-0.05, 0) is 26.0 Å². The molecule has 0 aliphatic heterocycles. The molecule has 0 fully saturated rings. The minimum Gasteiger partial charge on any atom is -0.337 e. The summed E-state index contributed by atoms with van der Waals surface area (Å²) in [6.07, 6.45) is 0. The van der Waals surface area contributed by atoms with Gasteiger partial charge in [-0.1, -0.05) is 53.2 Å². The third kappa shape index (κ3) is 4.52. The number of nitrogens with zero attached hydrogens (tertiary/aromatic N) is 3. The number of carbonyl (C=O) groups is 1. The van der Waals surface area contributed by atoms with Gasteiger partial charge in [0.05, 0.1) is 11.8 Å². The second kappa shape index (κ2) is 8.19. The van der Waals surface area contributed by atoms with E-state index in [-0.39, 0.29) is 17.7 Å². The van der Waals surface area contributed by atoms with E-state index in [2.05, 4.69) is 10.1 Å². The molecule has 0 saturated carbocycles. The van der Waals surface area contributed by atoms with Crippen molar-refractivity contribution in [3.05, 3.63) is 66.1 Å². The molecule has 0 spiro atoms. The van der Waals surface area contributed by atoms with Crippen molar-refractivity contribution in [3.8, 4) is 11.4 Å². The molecule has 0 bridgehead atoms. The summed E-state index contributed by atoms with van der Waals surface area (Å²) in [7, 11) is 1.75. The molecule has 0 N–H and O–H groups in total. The van der Waals surface area contributed by atoms with Gasteiger partial charge in [0.2, 0.25) is 17.6 Å². The molecule has 0 aliphatic rings. The zero-order valence-corrected chi connectivity index (χ0v) is 15.9. The number of hydrogen-bond donors (Lipinski definition) is 0. The zero-order chi connectivity index (χ0) is 18.5. The van der Waals surface area contributed by atoms with Gasteiger partial charge in [-0.2, -0.15) is 4.98 Å². The summed E-state index contributed by atoms with van der Waals surface area (Å²) in [6, 6.07) is 17.8. The van der Waals surface area contributed by atoms with Gasteiger partial charge in [0.1, 0.15) is 0 Å². The lowest BCUT2D eigenvalue weighted by Crippen LogP contribution is -2.32. The van der Waals surface area contributed by atoms with Crippen molar-refractivity contribution in [2.75, 3.05) is 7.05 Å². The SMILES string of the molecule is Cc1ccc(SC(C)C(=O)N(C)Cc2nc(-c3ccccc3)no2)cc1. The summed E-state index contributed by atoms with van der Waals surface area (Å²) >= 11 is 1.54. The third-order valence-electron chi connectivity index (χ3n) is 3.93. The number of aryl methyl sites for hydroxylation is 1. The van der Waals surface area contributed by atoms with Crippen LogP contribution in [0.1, 0.15) is 18.4 Å². The molecule has 0 saturated heterocycles. The van der Waals surface area contributed by atoms with Crippen LogP contribution in [0.2, 0.25) is 0 Å². The lowest BCUT2D eigenvalue weighted by molar-refractivity contribution is -0.129. The van der Waals surface area contributed by atoms with Crippen molar-refractivity contribution in [2.24, 2.45) is 0 Å². The van der Waals surface area contributed by atoms with Crippen LogP contribution in [0.5, 0.6) is 0 Å². The minimum atomic E-state index is -0.195. The summed E-state index contributed by atoms with van der Waals surface area (Å²) in [4.78, 5) is 19.7. The predicted molar refractivity (Wildman–Crippen MR) is 103 cm³/mol. The summed E-state index contributed by atoms with van der Waals surface area (Å²) in [5, 5.41) is 3.80. The Morgan fingerprint density at radius 3 is 2.54 bits per heavy atom. The predicted octanol–water partition coefficient (Wildman–Crippen LogP) is 4.18. The Bertz CT molecular complexity index is 862. The number of thioether (sulfide) groups is 1. The molecule has 1 atom stereocenters. The number of benzene rings is 2. The molecule has 1 aromatic heterocycles. The van der Waals surface area contributed by atoms with Gasteiger partial charge < -0.3 is 9.42 Å². The van der Waals surface area contributed by atoms with Crippen LogP contribution in [-0.2, 0) is 11.3 Å². The maximum Gasteiger partial charge on any atom is 0.246 e. The van der Waals surface area contributed by atoms with Crippen LogP contribution in [0, 0.1) is 6.92 Å². The summed E-state index contributed by atoms with van der Waals surface area (Å²) in [5.74, 6) is 0.978. The second-order valence-electron chi connectivity index (χ2n) is 6.15. The van der Waals surface area contributed by atoms with E-state index in [4.69, 9.17) is 4.52 Å². The van der Waals surface area contributed by atoms with Crippen LogP contribution in [0.15, 0.2) is 64.0 Å². The molecule has 134 valence electrons. The Kier molecular flexibility index (Phi) is 5.73. The second-order valence-corrected chi connectivity index (χ2v) is 7.56. The van der Waals surface area contributed by atoms with E-state index in [1.54, 1.807) is 23.7 Å². The summed E-state index contributed by atoms with van der Waals surface area (Å²) < 4.78 is 5.29. The topological polar surface area (TPSA) is 59.2 Å². The fourth-order valence-electron chi connectivity index (χ4n) is 2.49. The average molecular weight is 367 g/mol. The van der Waals surface area contributed by atoms with Gasteiger partial charge in [0, 0.05) is 17.5 Å². The Balaban J connectivity index is 1.60. The van der Waals surface area contributed by atoms with Gasteiger partial charge in [-0.25, -0.2) is 0 Å². The van der Waals surface area contributed by atoms with E-state index < -0.39 is 0 Å². The minimum absolute atomic E-state index is 0.0232. The smallest absolute Gasteiger partial charge is 0.246 e. The number of carbonyl (C=O) groups excluding carboxylic acids is 1. The number of aromatic nitrogens is 2. The first-order chi connectivity index (χ1) is 12.5. The number of rotatable bonds is 6. The molecule has 3 aromatic rings. The van der Waals surface area contributed by atoms with E-state index in [0.717, 1.165) is 10.5 Å². The van der Waals surface area contributed by atoms with Crippen LogP contribution in [0.4, 0.5) is 0 Å². The first-order valence-corrected chi connectivity index (χ1v) is 9.27. The van der Waals surface area contributed by atoms with Crippen LogP contribution >= 0.6 is 11.8 Å². The summed E-state index contributed by atoms with van der Waals surface area (Å²) in [5.41, 5.74) is 2.09. The molecule has 1 amide bonds. The lowest BCUT2D eigenvalue weighted by atomic mass is 10.2. The highest BCUT2D eigenvalue weighted by atomic mass is 32.2. The van der Waals surface area contributed by atoms with E-state index in [0.29, 0.717) is 11.7 Å². The van der Waals surface area contributed by atoms with E-state index in [1.165, 1.54) is 5.56 Å². The van der Waals surface area contributed by atoms with Crippen molar-refractivity contribution < 1.29 is 9.32 Å². The standard InChI is InChI=1S/C20H21N3O2S/c1-14-9-11-17(12-10-14)26-15(2)20(24)23(3)13-18-21-19(22-25-18)16-7-5-4-6-8-16/h4-12,15H,13H2,1-3H3. The summed E-state index contributed by atoms with van der Waals surface area (Å²) in [6.45, 7) is 4.24. The molecular formula is C20H21N3O2S. The highest BCUT2D eigenvalue weighted by Crippen LogP contribution is 2.25. The van der Waals surface area contributed by atoms with Crippen LogP contribution < -0.4 is 0 Å².